The number of benzene rings is 2. The van der Waals surface area contributed by atoms with Crippen molar-refractivity contribution in [3.63, 3.8) is 0 Å². The molecule has 0 N–H and O–H groups in total. The van der Waals surface area contributed by atoms with Crippen molar-refractivity contribution < 1.29 is 18.7 Å². The third-order valence-electron chi connectivity index (χ3n) is 3.78. The maximum Gasteiger partial charge on any atom is 0.338 e. The number of para-hydroxylation sites is 1. The summed E-state index contributed by atoms with van der Waals surface area (Å²) in [7, 11) is 0. The molecule has 0 aliphatic carbocycles. The molecule has 0 fully saturated rings. The molecule has 3 aromatic rings. The molecule has 26 heavy (non-hydrogen) atoms. The first kappa shape index (κ1) is 16.4. The summed E-state index contributed by atoms with van der Waals surface area (Å²) in [5.74, 6) is 0.808. The van der Waals surface area contributed by atoms with Crippen molar-refractivity contribution in [2.24, 2.45) is 0 Å². The highest BCUT2D eigenvalue weighted by molar-refractivity contribution is 6.30. The molecule has 6 nitrogen and oxygen atoms in total. The van der Waals surface area contributed by atoms with Crippen LogP contribution in [0.1, 0.15) is 11.5 Å². The van der Waals surface area contributed by atoms with Crippen LogP contribution in [0.3, 0.4) is 0 Å². The lowest BCUT2D eigenvalue weighted by Crippen LogP contribution is -2.17. The molecule has 1 aromatic heterocycles. The molecule has 2 heterocycles. The first-order valence-electron chi connectivity index (χ1n) is 7.87. The first-order valence-corrected chi connectivity index (χ1v) is 8.25. The van der Waals surface area contributed by atoms with Gasteiger partial charge in [-0.05, 0) is 36.4 Å². The fourth-order valence-corrected chi connectivity index (χ4v) is 2.60. The lowest BCUT2D eigenvalue weighted by Gasteiger charge is -2.16. The molecule has 0 radical (unpaired) electrons. The summed E-state index contributed by atoms with van der Waals surface area (Å²) in [6, 6.07) is 14.5. The van der Waals surface area contributed by atoms with E-state index in [1.807, 2.05) is 24.3 Å². The van der Waals surface area contributed by atoms with Crippen LogP contribution in [-0.2, 0) is 16.1 Å². The van der Waals surface area contributed by atoms with E-state index >= 15 is 0 Å². The SMILES string of the molecule is O=C(OCc1nnc(-c2ccc(Cl)cc2)o1)C1=Cc2ccccc2OC1. The number of carbonyl (C=O) groups is 1. The number of hydrogen-bond donors (Lipinski definition) is 0. The van der Waals surface area contributed by atoms with Gasteiger partial charge in [0.05, 0.1) is 5.57 Å². The number of hydrogen-bond acceptors (Lipinski definition) is 6. The quantitative estimate of drug-likeness (QED) is 0.650. The highest BCUT2D eigenvalue weighted by Crippen LogP contribution is 2.26. The summed E-state index contributed by atoms with van der Waals surface area (Å²) in [4.78, 5) is 12.2. The summed E-state index contributed by atoms with van der Waals surface area (Å²) in [6.45, 7) is 0.0497. The van der Waals surface area contributed by atoms with E-state index in [0.717, 1.165) is 16.9 Å². The molecule has 0 atom stereocenters. The minimum absolute atomic E-state index is 0.113. The van der Waals surface area contributed by atoms with Crippen molar-refractivity contribution in [1.29, 1.82) is 0 Å². The van der Waals surface area contributed by atoms with Crippen molar-refractivity contribution in [2.45, 2.75) is 6.61 Å². The summed E-state index contributed by atoms with van der Waals surface area (Å²) in [6.07, 6.45) is 1.76. The molecule has 7 heteroatoms. The summed E-state index contributed by atoms with van der Waals surface area (Å²) >= 11 is 5.85. The van der Waals surface area contributed by atoms with Crippen LogP contribution < -0.4 is 4.74 Å². The third-order valence-corrected chi connectivity index (χ3v) is 4.03. The van der Waals surface area contributed by atoms with Crippen LogP contribution in [0.5, 0.6) is 5.75 Å². The Morgan fingerprint density at radius 3 is 2.77 bits per heavy atom. The fraction of sp³-hybridized carbons (Fsp3) is 0.105. The molecule has 0 unspecified atom stereocenters. The van der Waals surface area contributed by atoms with Gasteiger partial charge in [0.2, 0.25) is 5.89 Å². The van der Waals surface area contributed by atoms with Crippen molar-refractivity contribution in [1.82, 2.24) is 10.2 Å². The van der Waals surface area contributed by atoms with Crippen molar-refractivity contribution >= 4 is 23.6 Å². The van der Waals surface area contributed by atoms with Crippen molar-refractivity contribution in [3.05, 3.63) is 70.6 Å². The van der Waals surface area contributed by atoms with E-state index < -0.39 is 5.97 Å². The average molecular weight is 369 g/mol. The molecule has 4 rings (SSSR count). The van der Waals surface area contributed by atoms with Crippen molar-refractivity contribution in [3.8, 4) is 17.2 Å². The Morgan fingerprint density at radius 1 is 1.12 bits per heavy atom. The Hall–Kier alpha value is -3.12. The van der Waals surface area contributed by atoms with Gasteiger partial charge in [-0.15, -0.1) is 10.2 Å². The normalized spacial score (nSPS) is 12.7. The number of nitrogens with zero attached hydrogens (tertiary/aromatic N) is 2. The largest absolute Gasteiger partial charge is 0.488 e. The zero-order chi connectivity index (χ0) is 17.9. The number of halogens is 1. The molecule has 0 spiro atoms. The molecule has 130 valence electrons. The maximum atomic E-state index is 12.2. The minimum atomic E-state index is -0.481. The van der Waals surface area contributed by atoms with Gasteiger partial charge in [-0.3, -0.25) is 0 Å². The Bertz CT molecular complexity index is 979. The second kappa shape index (κ2) is 7.01. The number of rotatable bonds is 4. The van der Waals surface area contributed by atoms with Gasteiger partial charge in [0, 0.05) is 16.1 Å². The number of fused-ring (bicyclic) bond motifs is 1. The van der Waals surface area contributed by atoms with E-state index in [1.54, 1.807) is 30.3 Å². The van der Waals surface area contributed by atoms with Gasteiger partial charge >= 0.3 is 5.97 Å². The second-order valence-electron chi connectivity index (χ2n) is 5.58. The van der Waals surface area contributed by atoms with E-state index in [0.29, 0.717) is 16.5 Å². The maximum absolute atomic E-state index is 12.2. The second-order valence-corrected chi connectivity index (χ2v) is 6.02. The van der Waals surface area contributed by atoms with Crippen LogP contribution in [0, 0.1) is 0 Å². The van der Waals surface area contributed by atoms with Gasteiger partial charge in [0.15, 0.2) is 6.61 Å². The van der Waals surface area contributed by atoms with E-state index in [1.165, 1.54) is 0 Å². The Labute approximate surface area is 154 Å². The van der Waals surface area contributed by atoms with Crippen LogP contribution in [0.2, 0.25) is 5.02 Å². The topological polar surface area (TPSA) is 74.5 Å². The molecule has 2 aromatic carbocycles. The lowest BCUT2D eigenvalue weighted by atomic mass is 10.1. The molecule has 0 amide bonds. The highest BCUT2D eigenvalue weighted by Gasteiger charge is 2.19. The summed E-state index contributed by atoms with van der Waals surface area (Å²) in [5.41, 5.74) is 2.01. The van der Waals surface area contributed by atoms with Gasteiger partial charge in [-0.25, -0.2) is 4.79 Å². The van der Waals surface area contributed by atoms with E-state index in [2.05, 4.69) is 10.2 Å². The van der Waals surface area contributed by atoms with Gasteiger partial charge in [0.25, 0.3) is 5.89 Å². The standard InChI is InChI=1S/C19H13ClN2O4/c20-15-7-5-12(6-8-15)18-22-21-17(26-18)11-25-19(23)14-9-13-3-1-2-4-16(13)24-10-14/h1-9H,10-11H2. The molecule has 0 saturated heterocycles. The van der Waals surface area contributed by atoms with Gasteiger partial charge in [-0.1, -0.05) is 29.8 Å². The van der Waals surface area contributed by atoms with Crippen LogP contribution in [0.25, 0.3) is 17.5 Å². The first-order chi connectivity index (χ1) is 12.7. The predicted octanol–water partition coefficient (Wildman–Crippen LogP) is 3.91. The zero-order valence-electron chi connectivity index (χ0n) is 13.5. The zero-order valence-corrected chi connectivity index (χ0v) is 14.3. The van der Waals surface area contributed by atoms with Gasteiger partial charge in [0.1, 0.15) is 12.4 Å². The minimum Gasteiger partial charge on any atom is -0.488 e. The Morgan fingerprint density at radius 2 is 1.92 bits per heavy atom. The highest BCUT2D eigenvalue weighted by atomic mass is 35.5. The van der Waals surface area contributed by atoms with Crippen LogP contribution in [0.4, 0.5) is 0 Å². The van der Waals surface area contributed by atoms with E-state index in [9.17, 15) is 4.79 Å². The van der Waals surface area contributed by atoms with E-state index in [4.69, 9.17) is 25.5 Å². The summed E-state index contributed by atoms with van der Waals surface area (Å²) < 4.78 is 16.3. The number of carbonyl (C=O) groups excluding carboxylic acids is 1. The monoisotopic (exact) mass is 368 g/mol. The van der Waals surface area contributed by atoms with Gasteiger partial charge in [-0.2, -0.15) is 0 Å². The predicted molar refractivity (Wildman–Crippen MR) is 94.5 cm³/mol. The smallest absolute Gasteiger partial charge is 0.338 e. The Balaban J connectivity index is 1.41. The lowest BCUT2D eigenvalue weighted by molar-refractivity contribution is -0.141. The Kier molecular flexibility index (Phi) is 4.41. The third kappa shape index (κ3) is 3.45. The molecule has 0 bridgehead atoms. The molecule has 1 aliphatic heterocycles. The molecule has 1 aliphatic rings. The van der Waals surface area contributed by atoms with Crippen LogP contribution in [0.15, 0.2) is 58.5 Å². The molecular formula is C19H13ClN2O4. The summed E-state index contributed by atoms with van der Waals surface area (Å²) in [5, 5.41) is 8.45. The number of ether oxygens (including phenoxy) is 2. The molecule has 0 saturated carbocycles. The van der Waals surface area contributed by atoms with Crippen LogP contribution in [-0.4, -0.2) is 22.8 Å². The molecular weight excluding hydrogens is 356 g/mol. The fourth-order valence-electron chi connectivity index (χ4n) is 2.47. The number of esters is 1. The van der Waals surface area contributed by atoms with E-state index in [-0.39, 0.29) is 19.1 Å². The van der Waals surface area contributed by atoms with Crippen LogP contribution >= 0.6 is 11.6 Å². The number of aromatic nitrogens is 2. The van der Waals surface area contributed by atoms with Gasteiger partial charge < -0.3 is 13.9 Å². The van der Waals surface area contributed by atoms with Crippen molar-refractivity contribution in [2.75, 3.05) is 6.61 Å². The average Bonchev–Trinajstić information content (AvgIpc) is 3.15.